The Balaban J connectivity index is 2.05. The SMILES string of the molecule is CCCC1CCC(O)C(Cc2cccc(F)c2F)C1. The third-order valence-corrected chi connectivity index (χ3v) is 4.26. The van der Waals surface area contributed by atoms with Crippen molar-refractivity contribution in [1.29, 1.82) is 0 Å². The summed E-state index contributed by atoms with van der Waals surface area (Å²) in [7, 11) is 0. The van der Waals surface area contributed by atoms with Crippen LogP contribution in [-0.2, 0) is 6.42 Å². The van der Waals surface area contributed by atoms with Crippen LogP contribution in [-0.4, -0.2) is 11.2 Å². The van der Waals surface area contributed by atoms with Gasteiger partial charge in [0.15, 0.2) is 11.6 Å². The van der Waals surface area contributed by atoms with E-state index in [9.17, 15) is 13.9 Å². The molecule has 3 atom stereocenters. The second-order valence-electron chi connectivity index (χ2n) is 5.71. The van der Waals surface area contributed by atoms with Crippen LogP contribution >= 0.6 is 0 Å². The highest BCUT2D eigenvalue weighted by molar-refractivity contribution is 5.19. The number of rotatable bonds is 4. The topological polar surface area (TPSA) is 20.2 Å². The molecule has 0 radical (unpaired) electrons. The van der Waals surface area contributed by atoms with E-state index >= 15 is 0 Å². The largest absolute Gasteiger partial charge is 0.393 e. The average molecular weight is 268 g/mol. The minimum absolute atomic E-state index is 0.0570. The Bertz CT molecular complexity index is 419. The fraction of sp³-hybridized carbons (Fsp3) is 0.625. The molecule has 0 aliphatic heterocycles. The molecule has 0 spiro atoms. The zero-order chi connectivity index (χ0) is 13.8. The minimum atomic E-state index is -0.798. The predicted octanol–water partition coefficient (Wildman–Crippen LogP) is 4.08. The normalized spacial score (nSPS) is 27.5. The first kappa shape index (κ1) is 14.4. The summed E-state index contributed by atoms with van der Waals surface area (Å²) in [5.41, 5.74) is 0.390. The summed E-state index contributed by atoms with van der Waals surface area (Å²) in [6.07, 6.45) is 5.12. The lowest BCUT2D eigenvalue weighted by atomic mass is 9.75. The van der Waals surface area contributed by atoms with Gasteiger partial charge < -0.3 is 5.11 Å². The Hall–Kier alpha value is -0.960. The van der Waals surface area contributed by atoms with Gasteiger partial charge in [-0.05, 0) is 49.1 Å². The van der Waals surface area contributed by atoms with Gasteiger partial charge in [-0.2, -0.15) is 0 Å². The van der Waals surface area contributed by atoms with Crippen LogP contribution < -0.4 is 0 Å². The molecule has 0 saturated heterocycles. The van der Waals surface area contributed by atoms with Crippen LogP contribution in [0.5, 0.6) is 0 Å². The Morgan fingerprint density at radius 2 is 2.05 bits per heavy atom. The average Bonchev–Trinajstić information content (AvgIpc) is 2.39. The minimum Gasteiger partial charge on any atom is -0.393 e. The maximum absolute atomic E-state index is 13.7. The summed E-state index contributed by atoms with van der Waals surface area (Å²) in [5.74, 6) is -0.878. The predicted molar refractivity (Wildman–Crippen MR) is 71.8 cm³/mol. The van der Waals surface area contributed by atoms with Gasteiger partial charge in [-0.1, -0.05) is 31.9 Å². The molecule has 1 fully saturated rings. The van der Waals surface area contributed by atoms with E-state index in [1.165, 1.54) is 6.07 Å². The van der Waals surface area contributed by atoms with E-state index in [-0.39, 0.29) is 12.0 Å². The number of benzene rings is 1. The molecule has 19 heavy (non-hydrogen) atoms. The zero-order valence-corrected chi connectivity index (χ0v) is 11.4. The van der Waals surface area contributed by atoms with Crippen molar-refractivity contribution in [2.24, 2.45) is 11.8 Å². The van der Waals surface area contributed by atoms with Crippen LogP contribution in [0.3, 0.4) is 0 Å². The van der Waals surface area contributed by atoms with Crippen molar-refractivity contribution in [1.82, 2.24) is 0 Å². The molecule has 1 aromatic rings. The Kier molecular flexibility index (Phi) is 4.92. The van der Waals surface area contributed by atoms with Crippen molar-refractivity contribution in [3.63, 3.8) is 0 Å². The smallest absolute Gasteiger partial charge is 0.162 e. The molecule has 3 heteroatoms. The van der Waals surface area contributed by atoms with Gasteiger partial charge in [-0.15, -0.1) is 0 Å². The number of halogens is 2. The fourth-order valence-corrected chi connectivity index (χ4v) is 3.22. The standard InChI is InChI=1S/C16H22F2O/c1-2-4-11-7-8-15(19)13(9-11)10-12-5-3-6-14(17)16(12)18/h3,5-6,11,13,15,19H,2,4,7-10H2,1H3. The number of hydrogen-bond donors (Lipinski definition) is 1. The zero-order valence-electron chi connectivity index (χ0n) is 11.4. The molecule has 1 aromatic carbocycles. The molecular formula is C16H22F2O. The monoisotopic (exact) mass is 268 g/mol. The number of aliphatic hydroxyl groups is 1. The van der Waals surface area contributed by atoms with Crippen LogP contribution in [0.4, 0.5) is 8.78 Å². The lowest BCUT2D eigenvalue weighted by molar-refractivity contribution is 0.0458. The van der Waals surface area contributed by atoms with Crippen LogP contribution in [0.2, 0.25) is 0 Å². The Morgan fingerprint density at radius 1 is 1.26 bits per heavy atom. The second-order valence-corrected chi connectivity index (χ2v) is 5.71. The quantitative estimate of drug-likeness (QED) is 0.872. The van der Waals surface area contributed by atoms with Crippen molar-refractivity contribution in [2.75, 3.05) is 0 Å². The molecule has 106 valence electrons. The first-order valence-corrected chi connectivity index (χ1v) is 7.22. The molecule has 1 N–H and O–H groups in total. The third kappa shape index (κ3) is 3.53. The Labute approximate surface area is 113 Å². The van der Waals surface area contributed by atoms with E-state index in [0.717, 1.165) is 38.2 Å². The van der Waals surface area contributed by atoms with Gasteiger partial charge in [-0.3, -0.25) is 0 Å². The summed E-state index contributed by atoms with van der Waals surface area (Å²) >= 11 is 0. The molecule has 3 unspecified atom stereocenters. The number of hydrogen-bond acceptors (Lipinski definition) is 1. The van der Waals surface area contributed by atoms with Crippen LogP contribution in [0.25, 0.3) is 0 Å². The van der Waals surface area contributed by atoms with Crippen molar-refractivity contribution in [3.05, 3.63) is 35.4 Å². The summed E-state index contributed by atoms with van der Waals surface area (Å²) in [5, 5.41) is 10.1. The van der Waals surface area contributed by atoms with Gasteiger partial charge in [0, 0.05) is 0 Å². The molecule has 0 heterocycles. The van der Waals surface area contributed by atoms with Gasteiger partial charge in [0.1, 0.15) is 0 Å². The van der Waals surface area contributed by atoms with E-state index < -0.39 is 11.6 Å². The van der Waals surface area contributed by atoms with E-state index in [1.54, 1.807) is 6.07 Å². The van der Waals surface area contributed by atoms with Gasteiger partial charge >= 0.3 is 0 Å². The van der Waals surface area contributed by atoms with Crippen molar-refractivity contribution in [3.8, 4) is 0 Å². The maximum atomic E-state index is 13.7. The highest BCUT2D eigenvalue weighted by atomic mass is 19.2. The first-order valence-electron chi connectivity index (χ1n) is 7.22. The highest BCUT2D eigenvalue weighted by Gasteiger charge is 2.29. The van der Waals surface area contributed by atoms with Gasteiger partial charge in [0.2, 0.25) is 0 Å². The van der Waals surface area contributed by atoms with E-state index in [0.29, 0.717) is 17.9 Å². The van der Waals surface area contributed by atoms with E-state index in [1.807, 2.05) is 0 Å². The molecule has 1 saturated carbocycles. The molecule has 1 aliphatic rings. The third-order valence-electron chi connectivity index (χ3n) is 4.26. The summed E-state index contributed by atoms with van der Waals surface area (Å²) in [6, 6.07) is 4.29. The van der Waals surface area contributed by atoms with Crippen molar-refractivity contribution in [2.45, 2.75) is 51.6 Å². The van der Waals surface area contributed by atoms with Crippen LogP contribution in [0, 0.1) is 23.5 Å². The van der Waals surface area contributed by atoms with Gasteiger partial charge in [0.25, 0.3) is 0 Å². The molecular weight excluding hydrogens is 246 g/mol. The van der Waals surface area contributed by atoms with Crippen molar-refractivity contribution < 1.29 is 13.9 Å². The van der Waals surface area contributed by atoms with Crippen molar-refractivity contribution >= 4 is 0 Å². The highest BCUT2D eigenvalue weighted by Crippen LogP contribution is 2.34. The second kappa shape index (κ2) is 6.47. The lowest BCUT2D eigenvalue weighted by Crippen LogP contribution is -2.31. The molecule has 2 rings (SSSR count). The lowest BCUT2D eigenvalue weighted by Gasteiger charge is -2.33. The molecule has 0 amide bonds. The first-order chi connectivity index (χ1) is 9.11. The summed E-state index contributed by atoms with van der Waals surface area (Å²) in [6.45, 7) is 2.16. The van der Waals surface area contributed by atoms with Gasteiger partial charge in [0.05, 0.1) is 6.10 Å². The van der Waals surface area contributed by atoms with E-state index in [2.05, 4.69) is 6.92 Å². The number of aliphatic hydroxyl groups excluding tert-OH is 1. The molecule has 0 aromatic heterocycles. The maximum Gasteiger partial charge on any atom is 0.162 e. The van der Waals surface area contributed by atoms with Gasteiger partial charge in [-0.25, -0.2) is 8.78 Å². The van der Waals surface area contributed by atoms with E-state index in [4.69, 9.17) is 0 Å². The summed E-state index contributed by atoms with van der Waals surface area (Å²) < 4.78 is 26.9. The Morgan fingerprint density at radius 3 is 2.79 bits per heavy atom. The molecule has 1 nitrogen and oxygen atoms in total. The summed E-state index contributed by atoms with van der Waals surface area (Å²) in [4.78, 5) is 0. The molecule has 1 aliphatic carbocycles. The van der Waals surface area contributed by atoms with Crippen LogP contribution in [0.15, 0.2) is 18.2 Å². The molecule has 0 bridgehead atoms. The fourth-order valence-electron chi connectivity index (χ4n) is 3.22. The van der Waals surface area contributed by atoms with Crippen LogP contribution in [0.1, 0.15) is 44.6 Å².